The predicted molar refractivity (Wildman–Crippen MR) is 145 cm³/mol. The van der Waals surface area contributed by atoms with Crippen LogP contribution in [0.15, 0.2) is 48.5 Å². The van der Waals surface area contributed by atoms with Crippen molar-refractivity contribution in [1.29, 1.82) is 0 Å². The van der Waals surface area contributed by atoms with Crippen LogP contribution in [0.1, 0.15) is 36.7 Å². The van der Waals surface area contributed by atoms with Crippen LogP contribution >= 0.6 is 0 Å². The number of nitrogens with zero attached hydrogens (tertiary/aromatic N) is 2. The summed E-state index contributed by atoms with van der Waals surface area (Å²) in [5.41, 5.74) is 1.56. The molecule has 1 fully saturated rings. The molecule has 210 valence electrons. The molecule has 2 aromatic rings. The molecule has 1 saturated heterocycles. The molecule has 39 heavy (non-hydrogen) atoms. The number of carbonyl (C=O) groups excluding carboxylic acids is 4. The van der Waals surface area contributed by atoms with Gasteiger partial charge in [-0.3, -0.25) is 9.59 Å². The number of hydrogen-bond acceptors (Lipinski definition) is 8. The van der Waals surface area contributed by atoms with Crippen LogP contribution in [0.25, 0.3) is 0 Å². The first-order valence-corrected chi connectivity index (χ1v) is 12.7. The molecule has 1 unspecified atom stereocenters. The van der Waals surface area contributed by atoms with Gasteiger partial charge in [-0.15, -0.1) is 0 Å². The van der Waals surface area contributed by atoms with Gasteiger partial charge in [-0.25, -0.2) is 9.59 Å². The summed E-state index contributed by atoms with van der Waals surface area (Å²) < 4.78 is 16.2. The summed E-state index contributed by atoms with van der Waals surface area (Å²) in [6, 6.07) is 13.9. The first-order chi connectivity index (χ1) is 18.4. The zero-order valence-corrected chi connectivity index (χ0v) is 23.0. The first-order valence-electron chi connectivity index (χ1n) is 12.7. The number of piperazine rings is 1. The van der Waals surface area contributed by atoms with Gasteiger partial charge in [-0.1, -0.05) is 12.1 Å². The van der Waals surface area contributed by atoms with E-state index in [1.165, 1.54) is 7.05 Å². The fourth-order valence-corrected chi connectivity index (χ4v) is 3.75. The Hall–Kier alpha value is -4.28. The molecule has 11 heteroatoms. The Morgan fingerprint density at radius 1 is 0.974 bits per heavy atom. The van der Waals surface area contributed by atoms with E-state index in [9.17, 15) is 19.2 Å². The minimum atomic E-state index is -1.47. The van der Waals surface area contributed by atoms with E-state index in [0.717, 1.165) is 11.3 Å². The Morgan fingerprint density at radius 2 is 1.64 bits per heavy atom. The third kappa shape index (κ3) is 8.91. The van der Waals surface area contributed by atoms with Gasteiger partial charge in [-0.05, 0) is 69.7 Å². The summed E-state index contributed by atoms with van der Waals surface area (Å²) >= 11 is 0. The Balaban J connectivity index is 1.62. The quantitative estimate of drug-likeness (QED) is 0.386. The van der Waals surface area contributed by atoms with Crippen molar-refractivity contribution in [2.24, 2.45) is 0 Å². The third-order valence-electron chi connectivity index (χ3n) is 5.77. The zero-order valence-electron chi connectivity index (χ0n) is 23.0. The summed E-state index contributed by atoms with van der Waals surface area (Å²) in [5, 5.41) is 4.90. The number of amides is 3. The second kappa shape index (κ2) is 13.0. The molecule has 0 saturated carbocycles. The van der Waals surface area contributed by atoms with Crippen LogP contribution in [-0.4, -0.2) is 80.4 Å². The van der Waals surface area contributed by atoms with Crippen molar-refractivity contribution in [3.05, 3.63) is 59.7 Å². The van der Waals surface area contributed by atoms with Gasteiger partial charge < -0.3 is 34.6 Å². The normalized spacial score (nSPS) is 14.2. The smallest absolute Gasteiger partial charge is 0.410 e. The van der Waals surface area contributed by atoms with Crippen molar-refractivity contribution < 1.29 is 33.4 Å². The molecule has 1 heterocycles. The fourth-order valence-electron chi connectivity index (χ4n) is 3.75. The van der Waals surface area contributed by atoms with Gasteiger partial charge in [0.1, 0.15) is 11.4 Å². The zero-order chi connectivity index (χ0) is 28.6. The minimum Gasteiger partial charge on any atom is -0.459 e. The van der Waals surface area contributed by atoms with Gasteiger partial charge in [0.25, 0.3) is 18.0 Å². The van der Waals surface area contributed by atoms with Crippen molar-refractivity contribution in [2.75, 3.05) is 44.7 Å². The van der Waals surface area contributed by atoms with E-state index >= 15 is 0 Å². The van der Waals surface area contributed by atoms with Crippen LogP contribution in [0, 0.1) is 6.92 Å². The molecule has 0 bridgehead atoms. The molecule has 0 radical (unpaired) electrons. The Kier molecular flexibility index (Phi) is 9.75. The summed E-state index contributed by atoms with van der Waals surface area (Å²) in [7, 11) is 1.42. The van der Waals surface area contributed by atoms with Gasteiger partial charge in [-0.2, -0.15) is 0 Å². The topological polar surface area (TPSA) is 127 Å². The van der Waals surface area contributed by atoms with Crippen molar-refractivity contribution in [1.82, 2.24) is 15.5 Å². The van der Waals surface area contributed by atoms with Gasteiger partial charge in [0.2, 0.25) is 0 Å². The molecule has 11 nitrogen and oxygen atoms in total. The second-order valence-electron chi connectivity index (χ2n) is 10.1. The first kappa shape index (κ1) is 29.3. The number of rotatable bonds is 8. The van der Waals surface area contributed by atoms with E-state index in [1.807, 2.05) is 33.8 Å². The average Bonchev–Trinajstić information content (AvgIpc) is 2.90. The molecule has 0 spiro atoms. The average molecular weight is 541 g/mol. The van der Waals surface area contributed by atoms with Gasteiger partial charge in [0.15, 0.2) is 6.61 Å². The fraction of sp³-hybridized carbons (Fsp3) is 0.429. The SMILES string of the molecule is CNC(=O)COC(=O)C(NC(=O)c1ccc(N2CCN(C(=O)OC(C)(C)C)CC2)cc1)Oc1cccc(C)c1. The summed E-state index contributed by atoms with van der Waals surface area (Å²) in [6.07, 6.45) is -1.80. The molecule has 0 aromatic heterocycles. The number of esters is 1. The summed E-state index contributed by atoms with van der Waals surface area (Å²) in [6.45, 7) is 9.15. The molecule has 3 rings (SSSR count). The van der Waals surface area contributed by atoms with Crippen LogP contribution in [0.3, 0.4) is 0 Å². The van der Waals surface area contributed by atoms with Crippen LogP contribution in [0.4, 0.5) is 10.5 Å². The third-order valence-corrected chi connectivity index (χ3v) is 5.77. The Morgan fingerprint density at radius 3 is 2.23 bits per heavy atom. The van der Waals surface area contributed by atoms with Crippen molar-refractivity contribution in [2.45, 2.75) is 39.5 Å². The van der Waals surface area contributed by atoms with E-state index in [0.29, 0.717) is 37.5 Å². The van der Waals surface area contributed by atoms with E-state index < -0.39 is 36.2 Å². The molecule has 1 aliphatic heterocycles. The highest BCUT2D eigenvalue weighted by molar-refractivity contribution is 5.97. The number of hydrogen-bond donors (Lipinski definition) is 2. The van der Waals surface area contributed by atoms with E-state index in [2.05, 4.69) is 15.5 Å². The van der Waals surface area contributed by atoms with Crippen molar-refractivity contribution >= 4 is 29.6 Å². The summed E-state index contributed by atoms with van der Waals surface area (Å²) in [4.78, 5) is 53.2. The van der Waals surface area contributed by atoms with E-state index in [4.69, 9.17) is 14.2 Å². The van der Waals surface area contributed by atoms with Crippen LogP contribution in [0.5, 0.6) is 5.75 Å². The maximum absolute atomic E-state index is 13.0. The lowest BCUT2D eigenvalue weighted by Gasteiger charge is -2.36. The molecule has 1 aliphatic rings. The van der Waals surface area contributed by atoms with Crippen LogP contribution < -0.4 is 20.3 Å². The highest BCUT2D eigenvalue weighted by atomic mass is 16.6. The maximum atomic E-state index is 13.0. The molecule has 1 atom stereocenters. The number of anilines is 1. The lowest BCUT2D eigenvalue weighted by molar-refractivity contribution is -0.156. The lowest BCUT2D eigenvalue weighted by Crippen LogP contribution is -2.50. The Bertz CT molecular complexity index is 1170. The number of ether oxygens (including phenoxy) is 3. The van der Waals surface area contributed by atoms with Crippen LogP contribution in [-0.2, 0) is 19.1 Å². The molecule has 3 amide bonds. The Labute approximate surface area is 228 Å². The molecular formula is C28H36N4O7. The number of carbonyl (C=O) groups is 4. The van der Waals surface area contributed by atoms with Gasteiger partial charge in [0.05, 0.1) is 0 Å². The molecule has 2 aromatic carbocycles. The monoisotopic (exact) mass is 540 g/mol. The minimum absolute atomic E-state index is 0.308. The maximum Gasteiger partial charge on any atom is 0.410 e. The van der Waals surface area contributed by atoms with E-state index in [-0.39, 0.29) is 6.09 Å². The largest absolute Gasteiger partial charge is 0.459 e. The van der Waals surface area contributed by atoms with Crippen LogP contribution in [0.2, 0.25) is 0 Å². The highest BCUT2D eigenvalue weighted by Gasteiger charge is 2.28. The molecular weight excluding hydrogens is 504 g/mol. The lowest BCUT2D eigenvalue weighted by atomic mass is 10.1. The summed E-state index contributed by atoms with van der Waals surface area (Å²) in [5.74, 6) is -1.59. The molecule has 2 N–H and O–H groups in total. The second-order valence-corrected chi connectivity index (χ2v) is 10.1. The number of likely N-dealkylation sites (N-methyl/N-ethyl adjacent to an activating group) is 1. The van der Waals surface area contributed by atoms with Crippen molar-refractivity contribution in [3.63, 3.8) is 0 Å². The number of benzene rings is 2. The van der Waals surface area contributed by atoms with E-state index in [1.54, 1.807) is 47.4 Å². The molecule has 0 aliphatic carbocycles. The number of aryl methyl sites for hydroxylation is 1. The predicted octanol–water partition coefficient (Wildman–Crippen LogP) is 2.48. The number of nitrogens with one attached hydrogen (secondary N) is 2. The standard InChI is InChI=1S/C28H36N4O7/c1-19-7-6-8-22(17-19)38-25(26(35)37-18-23(33)29-5)30-24(34)20-9-11-21(12-10-20)31-13-15-32(16-14-31)27(36)39-28(2,3)4/h6-12,17,25H,13-16,18H2,1-5H3,(H,29,33)(H,30,34). The van der Waals surface area contributed by atoms with Crippen molar-refractivity contribution in [3.8, 4) is 5.75 Å². The highest BCUT2D eigenvalue weighted by Crippen LogP contribution is 2.20. The van der Waals surface area contributed by atoms with Gasteiger partial charge in [0, 0.05) is 44.5 Å². The van der Waals surface area contributed by atoms with Gasteiger partial charge >= 0.3 is 12.1 Å².